The highest BCUT2D eigenvalue weighted by atomic mass is 32.2. The molecule has 7 heteroatoms. The van der Waals surface area contributed by atoms with Gasteiger partial charge in [-0.2, -0.15) is 0 Å². The molecule has 0 saturated carbocycles. The fourth-order valence-electron chi connectivity index (χ4n) is 2.87. The highest BCUT2D eigenvalue weighted by Gasteiger charge is 2.53. The van der Waals surface area contributed by atoms with Crippen molar-refractivity contribution in [1.29, 1.82) is 0 Å². The van der Waals surface area contributed by atoms with Crippen molar-refractivity contribution in [3.05, 3.63) is 29.8 Å². The number of likely N-dealkylation sites (tertiary alicyclic amines) is 1. The van der Waals surface area contributed by atoms with Crippen LogP contribution >= 0.6 is 0 Å². The Morgan fingerprint density at radius 1 is 1.20 bits per heavy atom. The molecule has 6 nitrogen and oxygen atoms in total. The summed E-state index contributed by atoms with van der Waals surface area (Å²) in [6.45, 7) is 10.5. The summed E-state index contributed by atoms with van der Waals surface area (Å²) >= 11 is 0. The van der Waals surface area contributed by atoms with Crippen LogP contribution in [0, 0.1) is 5.41 Å². The summed E-state index contributed by atoms with van der Waals surface area (Å²) < 4.78 is 25.4. The molecule has 0 aliphatic carbocycles. The van der Waals surface area contributed by atoms with Crippen molar-refractivity contribution in [2.45, 2.75) is 44.7 Å². The SMILES string of the molecule is CN=C(NCc1ccc(S(=O)(=O)N(C)C)cc1)N1CC(C)(C)C1(C)C. The molecule has 1 fully saturated rings. The molecule has 2 rings (SSSR count). The maximum Gasteiger partial charge on any atom is 0.242 e. The molecule has 1 heterocycles. The number of rotatable bonds is 4. The summed E-state index contributed by atoms with van der Waals surface area (Å²) in [7, 11) is 1.47. The number of hydrogen-bond acceptors (Lipinski definition) is 3. The molecule has 140 valence electrons. The van der Waals surface area contributed by atoms with Gasteiger partial charge in [-0.1, -0.05) is 26.0 Å². The molecule has 0 atom stereocenters. The minimum atomic E-state index is -3.39. The summed E-state index contributed by atoms with van der Waals surface area (Å²) in [6, 6.07) is 6.96. The lowest BCUT2D eigenvalue weighted by atomic mass is 9.65. The third-order valence-electron chi connectivity index (χ3n) is 5.50. The number of aliphatic imine (C=N–C) groups is 1. The predicted octanol–water partition coefficient (Wildman–Crippen LogP) is 2.13. The maximum absolute atomic E-state index is 12.1. The third kappa shape index (κ3) is 3.53. The molecule has 1 saturated heterocycles. The molecular formula is C18H30N4O2S. The van der Waals surface area contributed by atoms with Crippen molar-refractivity contribution >= 4 is 16.0 Å². The van der Waals surface area contributed by atoms with Gasteiger partial charge in [0.1, 0.15) is 0 Å². The van der Waals surface area contributed by atoms with E-state index >= 15 is 0 Å². The van der Waals surface area contributed by atoms with Gasteiger partial charge in [0, 0.05) is 45.2 Å². The van der Waals surface area contributed by atoms with E-state index < -0.39 is 10.0 Å². The van der Waals surface area contributed by atoms with E-state index in [1.165, 1.54) is 18.4 Å². The van der Waals surface area contributed by atoms with Crippen molar-refractivity contribution < 1.29 is 8.42 Å². The fraction of sp³-hybridized carbons (Fsp3) is 0.611. The Morgan fingerprint density at radius 2 is 1.76 bits per heavy atom. The molecule has 1 N–H and O–H groups in total. The fourth-order valence-corrected chi connectivity index (χ4v) is 3.77. The average molecular weight is 367 g/mol. The van der Waals surface area contributed by atoms with Gasteiger partial charge in [-0.3, -0.25) is 4.99 Å². The summed E-state index contributed by atoms with van der Waals surface area (Å²) in [5, 5.41) is 3.38. The van der Waals surface area contributed by atoms with Gasteiger partial charge in [-0.05, 0) is 31.5 Å². The molecule has 25 heavy (non-hydrogen) atoms. The molecule has 0 radical (unpaired) electrons. The normalized spacial score (nSPS) is 19.7. The maximum atomic E-state index is 12.1. The van der Waals surface area contributed by atoms with E-state index in [9.17, 15) is 8.42 Å². The lowest BCUT2D eigenvalue weighted by Crippen LogP contribution is -2.72. The van der Waals surface area contributed by atoms with Crippen molar-refractivity contribution in [2.24, 2.45) is 10.4 Å². The van der Waals surface area contributed by atoms with Crippen molar-refractivity contribution in [3.8, 4) is 0 Å². The van der Waals surface area contributed by atoms with Crippen molar-refractivity contribution in [2.75, 3.05) is 27.7 Å². The summed E-state index contributed by atoms with van der Waals surface area (Å²) in [6.07, 6.45) is 0. The van der Waals surface area contributed by atoms with Gasteiger partial charge < -0.3 is 10.2 Å². The Kier molecular flexibility index (Phi) is 5.21. The van der Waals surface area contributed by atoms with Gasteiger partial charge in [-0.15, -0.1) is 0 Å². The minimum Gasteiger partial charge on any atom is -0.352 e. The Labute approximate surface area is 152 Å². The Bertz CT molecular complexity index is 750. The molecule has 0 amide bonds. The van der Waals surface area contributed by atoms with Crippen molar-refractivity contribution in [3.63, 3.8) is 0 Å². The smallest absolute Gasteiger partial charge is 0.242 e. The first-order valence-corrected chi connectivity index (χ1v) is 9.87. The van der Waals surface area contributed by atoms with Gasteiger partial charge in [0.2, 0.25) is 10.0 Å². The quantitative estimate of drug-likeness (QED) is 0.655. The predicted molar refractivity (Wildman–Crippen MR) is 102 cm³/mol. The summed E-state index contributed by atoms with van der Waals surface area (Å²) in [5.74, 6) is 0.870. The molecule has 0 bridgehead atoms. The zero-order valence-corrected chi connectivity index (χ0v) is 17.1. The van der Waals surface area contributed by atoms with E-state index in [-0.39, 0.29) is 11.0 Å². The second-order valence-corrected chi connectivity index (χ2v) is 10.0. The Hall–Kier alpha value is -1.60. The van der Waals surface area contributed by atoms with Gasteiger partial charge in [0.15, 0.2) is 5.96 Å². The van der Waals surface area contributed by atoms with Crippen LogP contribution in [0.4, 0.5) is 0 Å². The number of nitrogens with one attached hydrogen (secondary N) is 1. The molecule has 1 aliphatic heterocycles. The lowest BCUT2D eigenvalue weighted by molar-refractivity contribution is -0.0667. The average Bonchev–Trinajstić information content (AvgIpc) is 2.54. The van der Waals surface area contributed by atoms with Crippen LogP contribution in [0.1, 0.15) is 33.3 Å². The van der Waals surface area contributed by atoms with Crippen LogP contribution in [0.15, 0.2) is 34.2 Å². The molecule has 1 aromatic carbocycles. The summed E-state index contributed by atoms with van der Waals surface area (Å²) in [4.78, 5) is 6.97. The largest absolute Gasteiger partial charge is 0.352 e. The second-order valence-electron chi connectivity index (χ2n) is 7.86. The van der Waals surface area contributed by atoms with Crippen LogP contribution in [-0.2, 0) is 16.6 Å². The number of hydrogen-bond donors (Lipinski definition) is 1. The number of guanidine groups is 1. The number of benzene rings is 1. The van der Waals surface area contributed by atoms with Crippen LogP contribution in [0.5, 0.6) is 0 Å². The Balaban J connectivity index is 2.04. The number of nitrogens with zero attached hydrogens (tertiary/aromatic N) is 3. The van der Waals surface area contributed by atoms with E-state index in [1.54, 1.807) is 19.2 Å². The zero-order chi connectivity index (χ0) is 19.0. The highest BCUT2D eigenvalue weighted by Crippen LogP contribution is 2.46. The monoisotopic (exact) mass is 366 g/mol. The van der Waals surface area contributed by atoms with E-state index in [0.717, 1.165) is 18.1 Å². The second kappa shape index (κ2) is 6.61. The highest BCUT2D eigenvalue weighted by molar-refractivity contribution is 7.89. The van der Waals surface area contributed by atoms with Gasteiger partial charge in [-0.25, -0.2) is 12.7 Å². The third-order valence-corrected chi connectivity index (χ3v) is 7.33. The van der Waals surface area contributed by atoms with Crippen LogP contribution in [0.2, 0.25) is 0 Å². The topological polar surface area (TPSA) is 65.0 Å². The minimum absolute atomic E-state index is 0.0402. The molecule has 1 aliphatic rings. The van der Waals surface area contributed by atoms with Crippen LogP contribution in [-0.4, -0.2) is 56.8 Å². The molecule has 1 aromatic rings. The van der Waals surface area contributed by atoms with E-state index in [4.69, 9.17) is 0 Å². The molecule has 0 spiro atoms. The van der Waals surface area contributed by atoms with Gasteiger partial charge >= 0.3 is 0 Å². The van der Waals surface area contributed by atoms with Crippen molar-refractivity contribution in [1.82, 2.24) is 14.5 Å². The number of sulfonamides is 1. The molecule has 0 aromatic heterocycles. The summed E-state index contributed by atoms with van der Waals surface area (Å²) in [5.41, 5.74) is 1.29. The van der Waals surface area contributed by atoms with Gasteiger partial charge in [0.05, 0.1) is 4.90 Å². The van der Waals surface area contributed by atoms with E-state index in [0.29, 0.717) is 11.4 Å². The lowest BCUT2D eigenvalue weighted by Gasteiger charge is -2.62. The van der Waals surface area contributed by atoms with Crippen LogP contribution in [0.25, 0.3) is 0 Å². The van der Waals surface area contributed by atoms with E-state index in [2.05, 4.69) is 42.9 Å². The van der Waals surface area contributed by atoms with Crippen LogP contribution < -0.4 is 5.32 Å². The standard InChI is InChI=1S/C18H30N4O2S/c1-17(2)13-22(18(17,3)4)16(19-5)20-12-14-8-10-15(11-9-14)25(23,24)21(6)7/h8-11H,12-13H2,1-7H3,(H,19,20). The first-order chi connectivity index (χ1) is 11.4. The first kappa shape index (κ1) is 19.7. The molecular weight excluding hydrogens is 336 g/mol. The first-order valence-electron chi connectivity index (χ1n) is 8.43. The van der Waals surface area contributed by atoms with Crippen LogP contribution in [0.3, 0.4) is 0 Å². The molecule has 0 unspecified atom stereocenters. The van der Waals surface area contributed by atoms with E-state index in [1.807, 2.05) is 12.1 Å². The zero-order valence-electron chi connectivity index (χ0n) is 16.3. The van der Waals surface area contributed by atoms with Gasteiger partial charge in [0.25, 0.3) is 0 Å². The Morgan fingerprint density at radius 3 is 2.16 bits per heavy atom.